The molecule has 0 aromatic heterocycles. The lowest BCUT2D eigenvalue weighted by molar-refractivity contribution is 0.971. The van der Waals surface area contributed by atoms with Crippen LogP contribution in [0.15, 0.2) is 146 Å². The van der Waals surface area contributed by atoms with Gasteiger partial charge in [-0.25, -0.2) is 0 Å². The number of rotatable bonds is 6. The highest BCUT2D eigenvalue weighted by Crippen LogP contribution is 2.42. The summed E-state index contributed by atoms with van der Waals surface area (Å²) in [6.45, 7) is 0. The van der Waals surface area contributed by atoms with Crippen molar-refractivity contribution < 1.29 is 0 Å². The Morgan fingerprint density at radius 1 is 0.375 bits per heavy atom. The van der Waals surface area contributed by atoms with Gasteiger partial charge >= 0.3 is 0 Å². The predicted octanol–water partition coefficient (Wildman–Crippen LogP) is 8.34. The van der Waals surface area contributed by atoms with Gasteiger partial charge in [-0.1, -0.05) is 115 Å². The van der Waals surface area contributed by atoms with E-state index in [1.54, 1.807) is 0 Å². The molecule has 1 heteroatoms. The van der Waals surface area contributed by atoms with E-state index in [-0.39, 0.29) is 5.92 Å². The molecule has 0 amide bonds. The molecule has 0 fully saturated rings. The van der Waals surface area contributed by atoms with Gasteiger partial charge in [0.15, 0.2) is 0 Å². The summed E-state index contributed by atoms with van der Waals surface area (Å²) in [5.74, 6) is 0.128. The highest BCUT2D eigenvalue weighted by atomic mass is 15.1. The highest BCUT2D eigenvalue weighted by molar-refractivity contribution is 5.79. The summed E-state index contributed by atoms with van der Waals surface area (Å²) in [6.07, 6.45) is 0. The minimum Gasteiger partial charge on any atom is -0.310 e. The second-order valence-corrected chi connectivity index (χ2v) is 7.82. The summed E-state index contributed by atoms with van der Waals surface area (Å²) >= 11 is 0. The monoisotopic (exact) mass is 411 g/mol. The third-order valence-corrected chi connectivity index (χ3v) is 5.78. The van der Waals surface area contributed by atoms with Gasteiger partial charge in [-0.15, -0.1) is 0 Å². The van der Waals surface area contributed by atoms with Crippen molar-refractivity contribution >= 4 is 17.1 Å². The Bertz CT molecular complexity index is 1070. The van der Waals surface area contributed by atoms with E-state index in [4.69, 9.17) is 0 Å². The normalized spacial score (nSPS) is 10.8. The van der Waals surface area contributed by atoms with Gasteiger partial charge in [-0.2, -0.15) is 0 Å². The van der Waals surface area contributed by atoms with Crippen LogP contribution in [-0.4, -0.2) is 0 Å². The molecular formula is C31H25N. The zero-order valence-electron chi connectivity index (χ0n) is 17.9. The van der Waals surface area contributed by atoms with Gasteiger partial charge in [-0.3, -0.25) is 0 Å². The van der Waals surface area contributed by atoms with Crippen LogP contribution in [0.1, 0.15) is 22.6 Å². The number of nitrogens with zero attached hydrogens (tertiary/aromatic N) is 1. The smallest absolute Gasteiger partial charge is 0.0503 e. The van der Waals surface area contributed by atoms with Gasteiger partial charge in [0.05, 0.1) is 5.69 Å². The molecule has 0 heterocycles. The minimum absolute atomic E-state index is 0.128. The second kappa shape index (κ2) is 9.36. The van der Waals surface area contributed by atoms with Gasteiger partial charge in [-0.05, 0) is 47.0 Å². The van der Waals surface area contributed by atoms with E-state index in [0.29, 0.717) is 0 Å². The van der Waals surface area contributed by atoms with Gasteiger partial charge in [0.2, 0.25) is 0 Å². The van der Waals surface area contributed by atoms with E-state index in [1.807, 2.05) is 0 Å². The maximum atomic E-state index is 2.36. The van der Waals surface area contributed by atoms with Gasteiger partial charge in [0, 0.05) is 17.3 Å². The molecule has 32 heavy (non-hydrogen) atoms. The molecule has 5 rings (SSSR count). The first-order valence-electron chi connectivity index (χ1n) is 11.0. The molecule has 0 atom stereocenters. The minimum atomic E-state index is 0.128. The summed E-state index contributed by atoms with van der Waals surface area (Å²) in [4.78, 5) is 2.36. The Balaban J connectivity index is 1.74. The molecule has 0 unspecified atom stereocenters. The second-order valence-electron chi connectivity index (χ2n) is 7.82. The lowest BCUT2D eigenvalue weighted by atomic mass is 9.84. The molecular weight excluding hydrogens is 386 g/mol. The summed E-state index contributed by atoms with van der Waals surface area (Å²) < 4.78 is 0. The number of benzene rings is 5. The fourth-order valence-electron chi connectivity index (χ4n) is 4.36. The Labute approximate surface area is 190 Å². The van der Waals surface area contributed by atoms with Gasteiger partial charge < -0.3 is 4.90 Å². The van der Waals surface area contributed by atoms with E-state index in [1.165, 1.54) is 22.4 Å². The SMILES string of the molecule is c1ccc(C(c2ccccc2)c2ccccc2N(c2ccccc2)c2ccccc2)cc1. The predicted molar refractivity (Wildman–Crippen MR) is 135 cm³/mol. The quantitative estimate of drug-likeness (QED) is 0.254. The Hall–Kier alpha value is -4.10. The molecule has 0 aliphatic rings. The number of hydrogen-bond acceptors (Lipinski definition) is 1. The molecule has 0 aliphatic carbocycles. The molecule has 1 nitrogen and oxygen atoms in total. The van der Waals surface area contributed by atoms with Crippen LogP contribution < -0.4 is 4.90 Å². The van der Waals surface area contributed by atoms with Crippen LogP contribution in [0.25, 0.3) is 0 Å². The van der Waals surface area contributed by atoms with Crippen molar-refractivity contribution in [1.82, 2.24) is 0 Å². The zero-order chi connectivity index (χ0) is 21.6. The first-order valence-corrected chi connectivity index (χ1v) is 11.0. The molecule has 0 N–H and O–H groups in total. The van der Waals surface area contributed by atoms with Crippen molar-refractivity contribution in [3.05, 3.63) is 162 Å². The van der Waals surface area contributed by atoms with Crippen LogP contribution in [0.3, 0.4) is 0 Å². The molecule has 0 aliphatic heterocycles. The van der Waals surface area contributed by atoms with Crippen molar-refractivity contribution in [2.45, 2.75) is 5.92 Å². The third-order valence-electron chi connectivity index (χ3n) is 5.78. The van der Waals surface area contributed by atoms with E-state index in [2.05, 4.69) is 150 Å². The first kappa shape index (κ1) is 19.8. The molecule has 154 valence electrons. The van der Waals surface area contributed by atoms with Crippen LogP contribution in [0.4, 0.5) is 17.1 Å². The largest absolute Gasteiger partial charge is 0.310 e. The van der Waals surface area contributed by atoms with E-state index in [0.717, 1.165) is 11.4 Å². The van der Waals surface area contributed by atoms with Crippen molar-refractivity contribution in [2.24, 2.45) is 0 Å². The Morgan fingerprint density at radius 3 is 1.22 bits per heavy atom. The average Bonchev–Trinajstić information content (AvgIpc) is 2.88. The number of para-hydroxylation sites is 3. The van der Waals surface area contributed by atoms with Crippen molar-refractivity contribution in [2.75, 3.05) is 4.90 Å². The Morgan fingerprint density at radius 2 is 0.750 bits per heavy atom. The van der Waals surface area contributed by atoms with Gasteiger partial charge in [0.1, 0.15) is 0 Å². The summed E-state index contributed by atoms with van der Waals surface area (Å²) in [6, 6.07) is 51.5. The first-order chi connectivity index (χ1) is 15.9. The summed E-state index contributed by atoms with van der Waals surface area (Å²) in [5, 5.41) is 0. The van der Waals surface area contributed by atoms with Crippen molar-refractivity contribution in [3.63, 3.8) is 0 Å². The average molecular weight is 412 g/mol. The van der Waals surface area contributed by atoms with E-state index < -0.39 is 0 Å². The standard InChI is InChI=1S/C31H25N/c1-5-15-25(16-6-1)31(26-17-7-2-8-18-26)29-23-13-14-24-30(29)32(27-19-9-3-10-20-27)28-21-11-4-12-22-28/h1-24,31H. The van der Waals surface area contributed by atoms with E-state index >= 15 is 0 Å². The lowest BCUT2D eigenvalue weighted by Crippen LogP contribution is -2.14. The zero-order valence-corrected chi connectivity index (χ0v) is 17.9. The molecule has 0 bridgehead atoms. The fraction of sp³-hybridized carbons (Fsp3) is 0.0323. The van der Waals surface area contributed by atoms with Crippen LogP contribution >= 0.6 is 0 Å². The summed E-state index contributed by atoms with van der Waals surface area (Å²) in [7, 11) is 0. The highest BCUT2D eigenvalue weighted by Gasteiger charge is 2.23. The molecule has 0 saturated heterocycles. The maximum Gasteiger partial charge on any atom is 0.0503 e. The van der Waals surface area contributed by atoms with Crippen molar-refractivity contribution in [3.8, 4) is 0 Å². The molecule has 5 aromatic carbocycles. The molecule has 0 radical (unpaired) electrons. The fourth-order valence-corrected chi connectivity index (χ4v) is 4.36. The number of hydrogen-bond donors (Lipinski definition) is 0. The summed E-state index contributed by atoms with van der Waals surface area (Å²) in [5.41, 5.74) is 7.32. The van der Waals surface area contributed by atoms with Crippen LogP contribution in [0.2, 0.25) is 0 Å². The molecule has 0 saturated carbocycles. The topological polar surface area (TPSA) is 3.24 Å². The van der Waals surface area contributed by atoms with Crippen LogP contribution in [-0.2, 0) is 0 Å². The molecule has 5 aromatic rings. The maximum absolute atomic E-state index is 2.36. The van der Waals surface area contributed by atoms with Crippen LogP contribution in [0.5, 0.6) is 0 Å². The van der Waals surface area contributed by atoms with Crippen molar-refractivity contribution in [1.29, 1.82) is 0 Å². The van der Waals surface area contributed by atoms with Gasteiger partial charge in [0.25, 0.3) is 0 Å². The third kappa shape index (κ3) is 4.06. The van der Waals surface area contributed by atoms with Crippen LogP contribution in [0, 0.1) is 0 Å². The number of anilines is 3. The van der Waals surface area contributed by atoms with E-state index in [9.17, 15) is 0 Å². The lowest BCUT2D eigenvalue weighted by Gasteiger charge is -2.30. The Kier molecular flexibility index (Phi) is 5.80. The molecule has 0 spiro atoms.